The molecule has 1 aromatic heterocycles. The van der Waals surface area contributed by atoms with Crippen LogP contribution in [0.2, 0.25) is 0 Å². The van der Waals surface area contributed by atoms with Crippen molar-refractivity contribution in [1.82, 2.24) is 9.88 Å². The zero-order chi connectivity index (χ0) is 20.3. The van der Waals surface area contributed by atoms with Crippen molar-refractivity contribution < 1.29 is 23.1 Å². The van der Waals surface area contributed by atoms with Crippen molar-refractivity contribution in [3.8, 4) is 0 Å². The molecule has 2 heterocycles. The summed E-state index contributed by atoms with van der Waals surface area (Å²) in [6, 6.07) is 9.22. The first-order chi connectivity index (χ1) is 13.3. The Labute approximate surface area is 160 Å². The fraction of sp³-hybridized carbons (Fsp3) is 0.368. The number of hydrogen-bond acceptors (Lipinski definition) is 5. The lowest BCUT2D eigenvalue weighted by Gasteiger charge is -2.16. The van der Waals surface area contributed by atoms with Crippen LogP contribution in [0, 0.1) is 0 Å². The molecule has 150 valence electrons. The standard InChI is InChI=1S/C19H21F3N4O2/c20-19(21,22)16-7-13(9-23)8-17(25-16)24-10-12-2-1-3-14(6-12)18(28)26-5-4-15(27)11-26/h1-3,6-8,15,27H,4-5,9-11,23H2,(H,24,25)/t15-/m0/s1. The number of aliphatic hydroxyl groups excluding tert-OH is 1. The molecule has 0 radical (unpaired) electrons. The number of nitrogens with two attached hydrogens (primary N) is 1. The van der Waals surface area contributed by atoms with Crippen LogP contribution in [-0.2, 0) is 19.3 Å². The van der Waals surface area contributed by atoms with E-state index in [1.165, 1.54) is 6.07 Å². The molecule has 1 atom stereocenters. The number of amides is 1. The number of hydrogen-bond donors (Lipinski definition) is 3. The van der Waals surface area contributed by atoms with Crippen molar-refractivity contribution in [2.75, 3.05) is 18.4 Å². The third kappa shape index (κ3) is 4.79. The zero-order valence-corrected chi connectivity index (χ0v) is 15.0. The van der Waals surface area contributed by atoms with Crippen LogP contribution in [0.25, 0.3) is 0 Å². The fourth-order valence-corrected chi connectivity index (χ4v) is 3.06. The number of β-amino-alcohol motifs (C(OH)–C–C–N with tert-alkyl or cyclic N) is 1. The summed E-state index contributed by atoms with van der Waals surface area (Å²) in [6.07, 6.45) is -4.51. The Balaban J connectivity index is 1.72. The van der Waals surface area contributed by atoms with Gasteiger partial charge in [-0.25, -0.2) is 4.98 Å². The van der Waals surface area contributed by atoms with Crippen LogP contribution in [0.3, 0.4) is 0 Å². The summed E-state index contributed by atoms with van der Waals surface area (Å²) >= 11 is 0. The van der Waals surface area contributed by atoms with Crippen molar-refractivity contribution in [1.29, 1.82) is 0 Å². The maximum atomic E-state index is 13.0. The first-order valence-corrected chi connectivity index (χ1v) is 8.84. The minimum Gasteiger partial charge on any atom is -0.391 e. The number of aromatic nitrogens is 1. The lowest BCUT2D eigenvalue weighted by molar-refractivity contribution is -0.141. The number of benzene rings is 1. The molecule has 1 fully saturated rings. The predicted octanol–water partition coefficient (Wildman–Crippen LogP) is 2.38. The van der Waals surface area contributed by atoms with Crippen molar-refractivity contribution in [2.24, 2.45) is 5.73 Å². The van der Waals surface area contributed by atoms with Gasteiger partial charge in [0.25, 0.3) is 5.91 Å². The molecule has 1 aromatic carbocycles. The largest absolute Gasteiger partial charge is 0.433 e. The average Bonchev–Trinajstić information content (AvgIpc) is 3.11. The molecule has 0 bridgehead atoms. The van der Waals surface area contributed by atoms with E-state index in [0.717, 1.165) is 11.6 Å². The van der Waals surface area contributed by atoms with Crippen molar-refractivity contribution in [3.63, 3.8) is 0 Å². The van der Waals surface area contributed by atoms with E-state index in [4.69, 9.17) is 5.73 Å². The van der Waals surface area contributed by atoms with Gasteiger partial charge in [-0.3, -0.25) is 4.79 Å². The molecule has 2 aromatic rings. The van der Waals surface area contributed by atoms with Crippen molar-refractivity contribution >= 4 is 11.7 Å². The third-order valence-electron chi connectivity index (χ3n) is 4.51. The SMILES string of the molecule is NCc1cc(NCc2cccc(C(=O)N3CC[C@H](O)C3)c2)nc(C(F)(F)F)c1. The maximum Gasteiger partial charge on any atom is 0.433 e. The number of carbonyl (C=O) groups excluding carboxylic acids is 1. The minimum atomic E-state index is -4.56. The van der Waals surface area contributed by atoms with E-state index in [-0.39, 0.29) is 24.8 Å². The summed E-state index contributed by atoms with van der Waals surface area (Å²) in [4.78, 5) is 17.7. The van der Waals surface area contributed by atoms with Gasteiger partial charge in [0, 0.05) is 31.7 Å². The Morgan fingerprint density at radius 2 is 2.07 bits per heavy atom. The molecular weight excluding hydrogens is 373 g/mol. The molecule has 0 spiro atoms. The number of nitrogens with zero attached hydrogens (tertiary/aromatic N) is 2. The molecule has 1 amide bonds. The monoisotopic (exact) mass is 394 g/mol. The highest BCUT2D eigenvalue weighted by atomic mass is 19.4. The van der Waals surface area contributed by atoms with Gasteiger partial charge in [0.2, 0.25) is 0 Å². The van der Waals surface area contributed by atoms with E-state index in [0.29, 0.717) is 30.6 Å². The molecule has 28 heavy (non-hydrogen) atoms. The lowest BCUT2D eigenvalue weighted by atomic mass is 10.1. The summed E-state index contributed by atoms with van der Waals surface area (Å²) in [5, 5.41) is 12.4. The molecule has 1 saturated heterocycles. The molecular formula is C19H21F3N4O2. The minimum absolute atomic E-state index is 0.0358. The van der Waals surface area contributed by atoms with Gasteiger partial charge in [0.1, 0.15) is 11.5 Å². The highest BCUT2D eigenvalue weighted by Gasteiger charge is 2.33. The van der Waals surface area contributed by atoms with Gasteiger partial charge < -0.3 is 21.1 Å². The van der Waals surface area contributed by atoms with E-state index in [9.17, 15) is 23.1 Å². The number of carbonyl (C=O) groups is 1. The molecule has 1 aliphatic rings. The summed E-state index contributed by atoms with van der Waals surface area (Å²) in [5.41, 5.74) is 5.98. The first kappa shape index (κ1) is 20.1. The van der Waals surface area contributed by atoms with E-state index in [1.54, 1.807) is 29.2 Å². The number of halogens is 3. The average molecular weight is 394 g/mol. The maximum absolute atomic E-state index is 13.0. The molecule has 1 aliphatic heterocycles. The quantitative estimate of drug-likeness (QED) is 0.724. The molecule has 3 rings (SSSR count). The Bertz CT molecular complexity index is 857. The second-order valence-electron chi connectivity index (χ2n) is 6.70. The predicted molar refractivity (Wildman–Crippen MR) is 97.4 cm³/mol. The zero-order valence-electron chi connectivity index (χ0n) is 15.0. The van der Waals surface area contributed by atoms with E-state index in [2.05, 4.69) is 10.3 Å². The summed E-state index contributed by atoms with van der Waals surface area (Å²) < 4.78 is 38.9. The number of nitrogens with one attached hydrogen (secondary N) is 1. The molecule has 0 aliphatic carbocycles. The van der Waals surface area contributed by atoms with Gasteiger partial charge in [-0.15, -0.1) is 0 Å². The van der Waals surface area contributed by atoms with Crippen LogP contribution < -0.4 is 11.1 Å². The number of aliphatic hydroxyl groups is 1. The van der Waals surface area contributed by atoms with Crippen molar-refractivity contribution in [2.45, 2.75) is 31.8 Å². The number of rotatable bonds is 5. The molecule has 4 N–H and O–H groups in total. The van der Waals surface area contributed by atoms with E-state index < -0.39 is 18.0 Å². The van der Waals surface area contributed by atoms with Crippen LogP contribution in [0.4, 0.5) is 19.0 Å². The number of pyridine rings is 1. The van der Waals surface area contributed by atoms with Crippen molar-refractivity contribution in [3.05, 3.63) is 58.8 Å². The normalized spacial score (nSPS) is 17.0. The Morgan fingerprint density at radius 1 is 1.29 bits per heavy atom. The Morgan fingerprint density at radius 3 is 2.71 bits per heavy atom. The second kappa shape index (κ2) is 8.15. The van der Waals surface area contributed by atoms with Crippen LogP contribution in [0.5, 0.6) is 0 Å². The summed E-state index contributed by atoms with van der Waals surface area (Å²) in [5.74, 6) is -0.115. The third-order valence-corrected chi connectivity index (χ3v) is 4.51. The molecule has 9 heteroatoms. The smallest absolute Gasteiger partial charge is 0.391 e. The van der Waals surface area contributed by atoms with E-state index in [1.807, 2.05) is 0 Å². The molecule has 0 unspecified atom stereocenters. The van der Waals surface area contributed by atoms with Gasteiger partial charge in [0.05, 0.1) is 6.10 Å². The summed E-state index contributed by atoms with van der Waals surface area (Å²) in [7, 11) is 0. The van der Waals surface area contributed by atoms with Crippen LogP contribution in [-0.4, -0.2) is 40.1 Å². The first-order valence-electron chi connectivity index (χ1n) is 8.84. The number of likely N-dealkylation sites (tertiary alicyclic amines) is 1. The summed E-state index contributed by atoms with van der Waals surface area (Å²) in [6.45, 7) is 0.962. The van der Waals surface area contributed by atoms with Gasteiger partial charge in [0.15, 0.2) is 0 Å². The van der Waals surface area contributed by atoms with Crippen LogP contribution >= 0.6 is 0 Å². The number of alkyl halides is 3. The second-order valence-corrected chi connectivity index (χ2v) is 6.70. The molecule has 0 saturated carbocycles. The highest BCUT2D eigenvalue weighted by Crippen LogP contribution is 2.29. The molecule has 6 nitrogen and oxygen atoms in total. The van der Waals surface area contributed by atoms with Gasteiger partial charge in [-0.1, -0.05) is 12.1 Å². The fourth-order valence-electron chi connectivity index (χ4n) is 3.06. The van der Waals surface area contributed by atoms with Crippen LogP contribution in [0.15, 0.2) is 36.4 Å². The topological polar surface area (TPSA) is 91.5 Å². The Kier molecular flexibility index (Phi) is 5.85. The van der Waals surface area contributed by atoms with Gasteiger partial charge in [-0.2, -0.15) is 13.2 Å². The number of anilines is 1. The van der Waals surface area contributed by atoms with Gasteiger partial charge >= 0.3 is 6.18 Å². The van der Waals surface area contributed by atoms with E-state index >= 15 is 0 Å². The van der Waals surface area contributed by atoms with Gasteiger partial charge in [-0.05, 0) is 41.8 Å². The van der Waals surface area contributed by atoms with Crippen LogP contribution in [0.1, 0.15) is 33.6 Å². The highest BCUT2D eigenvalue weighted by molar-refractivity contribution is 5.94. The lowest BCUT2D eigenvalue weighted by Crippen LogP contribution is -2.29. The Hall–Kier alpha value is -2.65.